The first-order chi connectivity index (χ1) is 9.63. The number of benzene rings is 2. The molecule has 2 aromatic carbocycles. The Morgan fingerprint density at radius 3 is 2.45 bits per heavy atom. The molecule has 0 aliphatic heterocycles. The van der Waals surface area contributed by atoms with Crippen molar-refractivity contribution in [2.24, 2.45) is 0 Å². The van der Waals surface area contributed by atoms with Gasteiger partial charge in [-0.3, -0.25) is 0 Å². The third kappa shape index (κ3) is 2.48. The maximum Gasteiger partial charge on any atom is 0.128 e. The van der Waals surface area contributed by atoms with Gasteiger partial charge in [0.25, 0.3) is 0 Å². The van der Waals surface area contributed by atoms with Crippen molar-refractivity contribution in [2.75, 3.05) is 0 Å². The molecule has 5 heteroatoms. The monoisotopic (exact) mass is 303 g/mol. The molecule has 3 aromatic rings. The summed E-state index contributed by atoms with van der Waals surface area (Å²) in [5, 5.41) is 22.6. The molecule has 0 amide bonds. The first kappa shape index (κ1) is 13.0. The zero-order valence-electron chi connectivity index (χ0n) is 10.2. The normalized spacial score (nSPS) is 10.7. The van der Waals surface area contributed by atoms with Crippen LogP contribution in [0, 0.1) is 0 Å². The number of phenolic OH excluding ortho intramolecular Hbond substituents is 2. The summed E-state index contributed by atoms with van der Waals surface area (Å²) in [6.45, 7) is 0. The van der Waals surface area contributed by atoms with Crippen LogP contribution in [0.15, 0.2) is 47.8 Å². The van der Waals surface area contributed by atoms with Crippen LogP contribution < -0.4 is 0 Å². The predicted octanol–water partition coefficient (Wildman–Crippen LogP) is 4.54. The maximum atomic E-state index is 9.85. The van der Waals surface area contributed by atoms with Gasteiger partial charge in [-0.25, -0.2) is 4.98 Å². The molecule has 0 saturated heterocycles. The average molecular weight is 304 g/mol. The van der Waals surface area contributed by atoms with Gasteiger partial charge in [-0.2, -0.15) is 0 Å². The molecular weight excluding hydrogens is 294 g/mol. The van der Waals surface area contributed by atoms with Gasteiger partial charge in [-0.15, -0.1) is 11.3 Å². The molecule has 1 heterocycles. The smallest absolute Gasteiger partial charge is 0.128 e. The summed E-state index contributed by atoms with van der Waals surface area (Å²) >= 11 is 7.35. The van der Waals surface area contributed by atoms with E-state index in [-0.39, 0.29) is 11.5 Å². The Morgan fingerprint density at radius 1 is 1.00 bits per heavy atom. The van der Waals surface area contributed by atoms with Crippen LogP contribution in [0.2, 0.25) is 5.02 Å². The number of aromatic hydroxyl groups is 2. The lowest BCUT2D eigenvalue weighted by molar-refractivity contribution is 0.452. The molecule has 2 N–H and O–H groups in total. The lowest BCUT2D eigenvalue weighted by Gasteiger charge is -2.01. The maximum absolute atomic E-state index is 9.85. The molecule has 0 radical (unpaired) electrons. The van der Waals surface area contributed by atoms with Gasteiger partial charge in [-0.1, -0.05) is 23.7 Å². The molecule has 1 aromatic heterocycles. The molecule has 0 saturated carbocycles. The number of halogens is 1. The van der Waals surface area contributed by atoms with Crippen LogP contribution in [-0.2, 0) is 0 Å². The van der Waals surface area contributed by atoms with Crippen LogP contribution in [0.25, 0.3) is 21.8 Å². The molecule has 3 nitrogen and oxygen atoms in total. The molecule has 3 rings (SSSR count). The number of hydrogen-bond acceptors (Lipinski definition) is 4. The van der Waals surface area contributed by atoms with Crippen LogP contribution in [0.5, 0.6) is 11.5 Å². The summed E-state index contributed by atoms with van der Waals surface area (Å²) in [6.07, 6.45) is 0. The molecule has 0 aliphatic rings. The lowest BCUT2D eigenvalue weighted by Crippen LogP contribution is -1.80. The second kappa shape index (κ2) is 5.15. The van der Waals surface area contributed by atoms with Crippen molar-refractivity contribution in [1.82, 2.24) is 4.98 Å². The van der Waals surface area contributed by atoms with Crippen molar-refractivity contribution in [2.45, 2.75) is 0 Å². The number of phenols is 2. The largest absolute Gasteiger partial charge is 0.508 e. The highest BCUT2D eigenvalue weighted by Gasteiger charge is 2.10. The fraction of sp³-hybridized carbons (Fsp3) is 0. The minimum atomic E-state index is 0.0120. The quantitative estimate of drug-likeness (QED) is 0.730. The number of rotatable bonds is 2. The third-order valence-corrected chi connectivity index (χ3v) is 4.00. The summed E-state index contributed by atoms with van der Waals surface area (Å²) in [5.41, 5.74) is 2.25. The highest BCUT2D eigenvalue weighted by atomic mass is 35.5. The van der Waals surface area contributed by atoms with Crippen LogP contribution in [0.4, 0.5) is 0 Å². The molecule has 20 heavy (non-hydrogen) atoms. The summed E-state index contributed by atoms with van der Waals surface area (Å²) in [5.74, 6) is 0.0392. The summed E-state index contributed by atoms with van der Waals surface area (Å²) < 4.78 is 0. The molecular formula is C15H10ClNO2S. The van der Waals surface area contributed by atoms with E-state index in [1.807, 2.05) is 29.6 Å². The van der Waals surface area contributed by atoms with Gasteiger partial charge >= 0.3 is 0 Å². The summed E-state index contributed by atoms with van der Waals surface area (Å²) in [6, 6.07) is 11.9. The minimum Gasteiger partial charge on any atom is -0.508 e. The standard InChI is InChI=1S/C15H10ClNO2S/c16-10-3-1-9(2-4-10)15-17-13(8-20-15)12-6-5-11(18)7-14(12)19/h1-8,18-19H. The van der Waals surface area contributed by atoms with Gasteiger partial charge in [0.2, 0.25) is 0 Å². The van der Waals surface area contributed by atoms with E-state index in [4.69, 9.17) is 11.6 Å². The van der Waals surface area contributed by atoms with Gasteiger partial charge in [-0.05, 0) is 24.3 Å². The van der Waals surface area contributed by atoms with Crippen molar-refractivity contribution < 1.29 is 10.2 Å². The predicted molar refractivity (Wildman–Crippen MR) is 81.3 cm³/mol. The Labute approximate surface area is 124 Å². The highest BCUT2D eigenvalue weighted by molar-refractivity contribution is 7.13. The van der Waals surface area contributed by atoms with Crippen molar-refractivity contribution >= 4 is 22.9 Å². The van der Waals surface area contributed by atoms with E-state index in [1.54, 1.807) is 6.07 Å². The lowest BCUT2D eigenvalue weighted by atomic mass is 10.1. The Morgan fingerprint density at radius 2 is 1.75 bits per heavy atom. The Hall–Kier alpha value is -2.04. The van der Waals surface area contributed by atoms with Crippen molar-refractivity contribution in [3.8, 4) is 33.3 Å². The number of aromatic nitrogens is 1. The van der Waals surface area contributed by atoms with E-state index < -0.39 is 0 Å². The fourth-order valence-electron chi connectivity index (χ4n) is 1.86. The van der Waals surface area contributed by atoms with Gasteiger partial charge in [0.05, 0.1) is 5.69 Å². The van der Waals surface area contributed by atoms with Gasteiger partial charge < -0.3 is 10.2 Å². The Kier molecular flexibility index (Phi) is 3.34. The molecule has 0 fully saturated rings. The Balaban J connectivity index is 1.99. The minimum absolute atomic E-state index is 0.0120. The molecule has 0 aliphatic carbocycles. The van der Waals surface area contributed by atoms with Crippen LogP contribution in [0.1, 0.15) is 0 Å². The van der Waals surface area contributed by atoms with Gasteiger partial charge in [0.15, 0.2) is 0 Å². The third-order valence-electron chi connectivity index (χ3n) is 2.85. The number of nitrogens with zero attached hydrogens (tertiary/aromatic N) is 1. The SMILES string of the molecule is Oc1ccc(-c2csc(-c3ccc(Cl)cc3)n2)c(O)c1. The van der Waals surface area contributed by atoms with Crippen molar-refractivity contribution in [3.63, 3.8) is 0 Å². The Bertz CT molecular complexity index is 753. The van der Waals surface area contributed by atoms with Gasteiger partial charge in [0, 0.05) is 27.6 Å². The van der Waals surface area contributed by atoms with E-state index in [9.17, 15) is 10.2 Å². The first-order valence-corrected chi connectivity index (χ1v) is 7.13. The zero-order chi connectivity index (χ0) is 14.1. The average Bonchev–Trinajstić information content (AvgIpc) is 2.89. The second-order valence-corrected chi connectivity index (χ2v) is 5.54. The molecule has 0 spiro atoms. The topological polar surface area (TPSA) is 53.4 Å². The van der Waals surface area contributed by atoms with E-state index >= 15 is 0 Å². The molecule has 0 atom stereocenters. The van der Waals surface area contributed by atoms with Crippen LogP contribution in [-0.4, -0.2) is 15.2 Å². The second-order valence-electron chi connectivity index (χ2n) is 4.25. The van der Waals surface area contributed by atoms with E-state index in [1.165, 1.54) is 23.5 Å². The van der Waals surface area contributed by atoms with E-state index in [0.29, 0.717) is 16.3 Å². The van der Waals surface area contributed by atoms with E-state index in [0.717, 1.165) is 10.6 Å². The number of hydrogen-bond donors (Lipinski definition) is 2. The van der Waals surface area contributed by atoms with E-state index in [2.05, 4.69) is 4.98 Å². The molecule has 0 unspecified atom stereocenters. The first-order valence-electron chi connectivity index (χ1n) is 5.87. The molecule has 0 bridgehead atoms. The zero-order valence-corrected chi connectivity index (χ0v) is 11.8. The van der Waals surface area contributed by atoms with Crippen LogP contribution >= 0.6 is 22.9 Å². The van der Waals surface area contributed by atoms with Crippen LogP contribution in [0.3, 0.4) is 0 Å². The van der Waals surface area contributed by atoms with Gasteiger partial charge in [0.1, 0.15) is 16.5 Å². The summed E-state index contributed by atoms with van der Waals surface area (Å²) in [4.78, 5) is 4.50. The highest BCUT2D eigenvalue weighted by Crippen LogP contribution is 2.35. The molecule has 100 valence electrons. The van der Waals surface area contributed by atoms with Crippen molar-refractivity contribution in [1.29, 1.82) is 0 Å². The summed E-state index contributed by atoms with van der Waals surface area (Å²) in [7, 11) is 0. The number of thiazole rings is 1. The van der Waals surface area contributed by atoms with Crippen molar-refractivity contribution in [3.05, 3.63) is 52.9 Å². The fourth-order valence-corrected chi connectivity index (χ4v) is 2.81.